The van der Waals surface area contributed by atoms with E-state index in [1.807, 2.05) is 11.3 Å². The van der Waals surface area contributed by atoms with Gasteiger partial charge in [-0.2, -0.15) is 0 Å². The van der Waals surface area contributed by atoms with Crippen LogP contribution in [0.25, 0.3) is 0 Å². The second kappa shape index (κ2) is 5.61. The second-order valence-electron chi connectivity index (χ2n) is 4.70. The second-order valence-corrected chi connectivity index (χ2v) is 7.32. The maximum absolute atomic E-state index is 3.58. The average Bonchev–Trinajstić information content (AvgIpc) is 2.63. The van der Waals surface area contributed by atoms with Crippen LogP contribution in [0.1, 0.15) is 33.8 Å². The van der Waals surface area contributed by atoms with E-state index >= 15 is 0 Å². The third-order valence-corrected chi connectivity index (χ3v) is 5.24. The third kappa shape index (κ3) is 3.06. The summed E-state index contributed by atoms with van der Waals surface area (Å²) in [4.78, 5) is 2.80. The summed E-state index contributed by atoms with van der Waals surface area (Å²) < 4.78 is 1.31. The van der Waals surface area contributed by atoms with Gasteiger partial charge in [0.2, 0.25) is 0 Å². The molecule has 0 aliphatic carbocycles. The first kappa shape index (κ1) is 13.9. The normalized spacial score (nSPS) is 12.5. The summed E-state index contributed by atoms with van der Waals surface area (Å²) in [5, 5.41) is 3.58. The van der Waals surface area contributed by atoms with Crippen LogP contribution in [-0.4, -0.2) is 0 Å². The Labute approximate surface area is 127 Å². The molecule has 1 heterocycles. The molecule has 0 spiro atoms. The Morgan fingerprint density at radius 3 is 2.44 bits per heavy atom. The van der Waals surface area contributed by atoms with Gasteiger partial charge in [0.1, 0.15) is 0 Å². The Hall–Kier alpha value is -0.550. The van der Waals surface area contributed by atoms with E-state index in [1.54, 1.807) is 0 Å². The molecule has 0 amide bonds. The van der Waals surface area contributed by atoms with Crippen LogP contribution in [0.15, 0.2) is 24.3 Å². The lowest BCUT2D eigenvalue weighted by atomic mass is 10.1. The predicted octanol–water partition coefficient (Wildman–Crippen LogP) is 5.45. The van der Waals surface area contributed by atoms with Crippen LogP contribution in [0.2, 0.25) is 0 Å². The van der Waals surface area contributed by atoms with Crippen molar-refractivity contribution in [2.75, 3.05) is 5.32 Å². The summed E-state index contributed by atoms with van der Waals surface area (Å²) >= 11 is 4.26. The first-order valence-corrected chi connectivity index (χ1v) is 7.96. The maximum atomic E-state index is 3.58. The number of hydrogen-bond acceptors (Lipinski definition) is 2. The van der Waals surface area contributed by atoms with Gasteiger partial charge in [-0.3, -0.25) is 0 Å². The highest BCUT2D eigenvalue weighted by atomic mass is 127. The molecule has 0 aliphatic heterocycles. The van der Waals surface area contributed by atoms with Crippen LogP contribution in [0, 0.1) is 24.3 Å². The number of rotatable bonds is 3. The van der Waals surface area contributed by atoms with Crippen molar-refractivity contribution in [1.29, 1.82) is 0 Å². The molecule has 1 aromatic carbocycles. The number of anilines is 1. The number of hydrogen-bond donors (Lipinski definition) is 1. The van der Waals surface area contributed by atoms with Crippen molar-refractivity contribution in [2.45, 2.75) is 33.7 Å². The monoisotopic (exact) mass is 371 g/mol. The van der Waals surface area contributed by atoms with E-state index in [4.69, 9.17) is 0 Å². The molecule has 0 saturated heterocycles. The lowest BCUT2D eigenvalue weighted by Gasteiger charge is -2.16. The summed E-state index contributed by atoms with van der Waals surface area (Å²) in [5.41, 5.74) is 3.94. The SMILES string of the molecule is Cc1cc(C(C)Nc2ccc(C)c(I)c2)c(C)s1. The van der Waals surface area contributed by atoms with Crippen molar-refractivity contribution in [3.05, 3.63) is 48.7 Å². The minimum Gasteiger partial charge on any atom is -0.378 e. The standard InChI is InChI=1S/C15H18INS/c1-9-5-6-13(8-15(9)16)17-11(3)14-7-10(2)18-12(14)4/h5-8,11,17H,1-4H3. The van der Waals surface area contributed by atoms with Gasteiger partial charge in [0.25, 0.3) is 0 Å². The summed E-state index contributed by atoms with van der Waals surface area (Å²) in [6.07, 6.45) is 0. The Kier molecular flexibility index (Phi) is 4.33. The molecule has 3 heteroatoms. The molecular formula is C15H18INS. The topological polar surface area (TPSA) is 12.0 Å². The van der Waals surface area contributed by atoms with E-state index in [0.717, 1.165) is 0 Å². The van der Waals surface area contributed by atoms with E-state index in [1.165, 1.54) is 30.1 Å². The zero-order valence-corrected chi connectivity index (χ0v) is 14.1. The molecule has 1 unspecified atom stereocenters. The van der Waals surface area contributed by atoms with Gasteiger partial charge in [-0.25, -0.2) is 0 Å². The van der Waals surface area contributed by atoms with Crippen molar-refractivity contribution < 1.29 is 0 Å². The third-order valence-electron chi connectivity index (χ3n) is 3.10. The first-order chi connectivity index (χ1) is 8.47. The largest absolute Gasteiger partial charge is 0.378 e. The van der Waals surface area contributed by atoms with Crippen LogP contribution in [0.3, 0.4) is 0 Å². The molecule has 0 bridgehead atoms. The molecule has 0 saturated carbocycles. The summed E-state index contributed by atoms with van der Waals surface area (Å²) in [6, 6.07) is 9.18. The molecule has 96 valence electrons. The molecule has 1 nitrogen and oxygen atoms in total. The Morgan fingerprint density at radius 1 is 1.17 bits per heavy atom. The van der Waals surface area contributed by atoms with E-state index in [2.05, 4.69) is 79.9 Å². The number of nitrogens with one attached hydrogen (secondary N) is 1. The van der Waals surface area contributed by atoms with E-state index in [0.29, 0.717) is 6.04 Å². The molecule has 2 aromatic rings. The van der Waals surface area contributed by atoms with Gasteiger partial charge in [-0.15, -0.1) is 11.3 Å². The Morgan fingerprint density at radius 2 is 1.89 bits per heavy atom. The zero-order valence-electron chi connectivity index (χ0n) is 11.2. The molecule has 0 radical (unpaired) electrons. The van der Waals surface area contributed by atoms with Gasteiger partial charge in [0.15, 0.2) is 0 Å². The van der Waals surface area contributed by atoms with E-state index in [9.17, 15) is 0 Å². The van der Waals surface area contributed by atoms with Gasteiger partial charge in [-0.05, 0) is 79.6 Å². The summed E-state index contributed by atoms with van der Waals surface area (Å²) in [7, 11) is 0. The number of halogens is 1. The highest BCUT2D eigenvalue weighted by molar-refractivity contribution is 14.1. The first-order valence-electron chi connectivity index (χ1n) is 6.07. The lowest BCUT2D eigenvalue weighted by Crippen LogP contribution is -2.06. The van der Waals surface area contributed by atoms with Crippen LogP contribution in [-0.2, 0) is 0 Å². The van der Waals surface area contributed by atoms with Crippen molar-refractivity contribution in [2.24, 2.45) is 0 Å². The minimum atomic E-state index is 0.355. The molecule has 0 aliphatic rings. The van der Waals surface area contributed by atoms with E-state index in [-0.39, 0.29) is 0 Å². The van der Waals surface area contributed by atoms with Gasteiger partial charge >= 0.3 is 0 Å². The van der Waals surface area contributed by atoms with Crippen molar-refractivity contribution in [1.82, 2.24) is 0 Å². The van der Waals surface area contributed by atoms with Gasteiger partial charge in [0, 0.05) is 25.1 Å². The van der Waals surface area contributed by atoms with Crippen molar-refractivity contribution in [3.63, 3.8) is 0 Å². The van der Waals surface area contributed by atoms with Crippen LogP contribution in [0.5, 0.6) is 0 Å². The molecule has 0 fully saturated rings. The molecule has 1 N–H and O–H groups in total. The van der Waals surface area contributed by atoms with Crippen LogP contribution in [0.4, 0.5) is 5.69 Å². The fourth-order valence-corrected chi connectivity index (χ4v) is 3.63. The Balaban J connectivity index is 2.18. The minimum absolute atomic E-state index is 0.355. The number of benzene rings is 1. The molecular weight excluding hydrogens is 353 g/mol. The zero-order chi connectivity index (χ0) is 13.3. The Bertz CT molecular complexity index is 560. The van der Waals surface area contributed by atoms with E-state index < -0.39 is 0 Å². The molecule has 1 atom stereocenters. The molecule has 18 heavy (non-hydrogen) atoms. The highest BCUT2D eigenvalue weighted by Gasteiger charge is 2.11. The highest BCUT2D eigenvalue weighted by Crippen LogP contribution is 2.29. The maximum Gasteiger partial charge on any atom is 0.0496 e. The fourth-order valence-electron chi connectivity index (χ4n) is 2.09. The van der Waals surface area contributed by atoms with Crippen molar-refractivity contribution in [3.8, 4) is 0 Å². The van der Waals surface area contributed by atoms with Gasteiger partial charge < -0.3 is 5.32 Å². The van der Waals surface area contributed by atoms with Crippen LogP contribution >= 0.6 is 33.9 Å². The van der Waals surface area contributed by atoms with Crippen LogP contribution < -0.4 is 5.32 Å². The number of thiophene rings is 1. The number of aryl methyl sites for hydroxylation is 3. The molecule has 1 aromatic heterocycles. The molecule has 2 rings (SSSR count). The quantitative estimate of drug-likeness (QED) is 0.708. The lowest BCUT2D eigenvalue weighted by molar-refractivity contribution is 0.881. The van der Waals surface area contributed by atoms with Gasteiger partial charge in [0.05, 0.1) is 0 Å². The average molecular weight is 371 g/mol. The smallest absolute Gasteiger partial charge is 0.0496 e. The predicted molar refractivity (Wildman–Crippen MR) is 89.7 cm³/mol. The fraction of sp³-hybridized carbons (Fsp3) is 0.333. The van der Waals surface area contributed by atoms with Crippen molar-refractivity contribution >= 4 is 39.6 Å². The summed E-state index contributed by atoms with van der Waals surface area (Å²) in [5.74, 6) is 0. The summed E-state index contributed by atoms with van der Waals surface area (Å²) in [6.45, 7) is 8.73. The van der Waals surface area contributed by atoms with Gasteiger partial charge in [-0.1, -0.05) is 6.07 Å².